The van der Waals surface area contributed by atoms with Gasteiger partial charge < -0.3 is 9.47 Å². The predicted molar refractivity (Wildman–Crippen MR) is 88.2 cm³/mol. The van der Waals surface area contributed by atoms with Gasteiger partial charge in [-0.2, -0.15) is 0 Å². The molecular formula is C17H15Cl2FO3. The van der Waals surface area contributed by atoms with Gasteiger partial charge >= 0.3 is 5.97 Å². The molecular weight excluding hydrogens is 342 g/mol. The smallest absolute Gasteiger partial charge is 0.343 e. The molecule has 0 fully saturated rings. The fraction of sp³-hybridized carbons (Fsp3) is 0.235. The molecule has 3 nitrogen and oxygen atoms in total. The minimum Gasteiger partial charge on any atom is -0.490 e. The average Bonchev–Trinajstić information content (AvgIpc) is 2.52. The van der Waals surface area contributed by atoms with Gasteiger partial charge in [-0.1, -0.05) is 36.5 Å². The van der Waals surface area contributed by atoms with Crippen molar-refractivity contribution in [2.24, 2.45) is 0 Å². The third-order valence-corrected chi connectivity index (χ3v) is 3.56. The Morgan fingerprint density at radius 2 is 1.74 bits per heavy atom. The second-order valence-electron chi connectivity index (χ2n) is 4.81. The van der Waals surface area contributed by atoms with Crippen LogP contribution in [0.25, 0.3) is 0 Å². The van der Waals surface area contributed by atoms with E-state index in [0.29, 0.717) is 12.4 Å². The fourth-order valence-electron chi connectivity index (χ4n) is 1.80. The summed E-state index contributed by atoms with van der Waals surface area (Å²) in [4.78, 5) is 12.1. The summed E-state index contributed by atoms with van der Waals surface area (Å²) >= 11 is 12.2. The largest absolute Gasteiger partial charge is 0.490 e. The summed E-state index contributed by atoms with van der Waals surface area (Å²) < 4.78 is 23.5. The summed E-state index contributed by atoms with van der Waals surface area (Å²) in [6, 6.07) is 7.99. The summed E-state index contributed by atoms with van der Waals surface area (Å²) in [5.41, 5.74) is 0.187. The Balaban J connectivity index is 2.13. The molecule has 0 heterocycles. The van der Waals surface area contributed by atoms with Crippen molar-refractivity contribution in [2.75, 3.05) is 6.61 Å². The zero-order valence-corrected chi connectivity index (χ0v) is 14.0. The van der Waals surface area contributed by atoms with Crippen molar-refractivity contribution in [3.05, 3.63) is 57.8 Å². The lowest BCUT2D eigenvalue weighted by Crippen LogP contribution is -2.09. The van der Waals surface area contributed by atoms with Crippen LogP contribution in [0.1, 0.15) is 30.1 Å². The molecule has 0 aliphatic carbocycles. The van der Waals surface area contributed by atoms with E-state index in [2.05, 4.69) is 0 Å². The molecule has 2 aromatic rings. The predicted octanol–water partition coefficient (Wildman–Crippen LogP) is 5.53. The average molecular weight is 357 g/mol. The summed E-state index contributed by atoms with van der Waals surface area (Å²) in [7, 11) is 0. The Labute approximate surface area is 143 Å². The maximum absolute atomic E-state index is 12.8. The molecule has 0 aromatic heterocycles. The van der Waals surface area contributed by atoms with Crippen LogP contribution in [0.5, 0.6) is 11.5 Å². The molecule has 2 rings (SSSR count). The van der Waals surface area contributed by atoms with Gasteiger partial charge in [0.2, 0.25) is 0 Å². The van der Waals surface area contributed by atoms with Crippen LogP contribution in [-0.2, 0) is 0 Å². The standard InChI is InChI=1S/C17H15Cl2FO3/c1-2-3-8-22-16-14(18)9-11(10-15(16)19)17(21)23-13-6-4-12(20)5-7-13/h4-7,9-10H,2-3,8H2,1H3. The number of hydrogen-bond donors (Lipinski definition) is 0. The topological polar surface area (TPSA) is 35.5 Å². The lowest BCUT2D eigenvalue weighted by Gasteiger charge is -2.11. The minimum absolute atomic E-state index is 0.187. The Bertz CT molecular complexity index is 664. The van der Waals surface area contributed by atoms with Crippen LogP contribution in [0.2, 0.25) is 10.0 Å². The van der Waals surface area contributed by atoms with Crippen molar-refractivity contribution in [1.29, 1.82) is 0 Å². The molecule has 0 aliphatic heterocycles. The molecule has 0 radical (unpaired) electrons. The van der Waals surface area contributed by atoms with Crippen molar-refractivity contribution < 1.29 is 18.7 Å². The van der Waals surface area contributed by atoms with Crippen molar-refractivity contribution in [3.63, 3.8) is 0 Å². The van der Waals surface area contributed by atoms with Crippen molar-refractivity contribution in [3.8, 4) is 11.5 Å². The number of carbonyl (C=O) groups excluding carboxylic acids is 1. The Hall–Kier alpha value is -1.78. The van der Waals surface area contributed by atoms with E-state index in [0.717, 1.165) is 12.8 Å². The zero-order chi connectivity index (χ0) is 16.8. The van der Waals surface area contributed by atoms with E-state index in [-0.39, 0.29) is 21.4 Å². The molecule has 6 heteroatoms. The van der Waals surface area contributed by atoms with Gasteiger partial charge in [0.05, 0.1) is 22.2 Å². The van der Waals surface area contributed by atoms with Crippen LogP contribution in [-0.4, -0.2) is 12.6 Å². The van der Waals surface area contributed by atoms with E-state index in [9.17, 15) is 9.18 Å². The van der Waals surface area contributed by atoms with Gasteiger partial charge in [0.1, 0.15) is 11.6 Å². The van der Waals surface area contributed by atoms with Gasteiger partial charge in [0.25, 0.3) is 0 Å². The first-order valence-corrected chi connectivity index (χ1v) is 7.86. The number of ether oxygens (including phenoxy) is 2. The first-order chi connectivity index (χ1) is 11.0. The summed E-state index contributed by atoms with van der Waals surface area (Å²) in [6.07, 6.45) is 1.86. The van der Waals surface area contributed by atoms with Crippen molar-refractivity contribution >= 4 is 29.2 Å². The quantitative estimate of drug-likeness (QED) is 0.387. The first kappa shape index (κ1) is 17.6. The Kier molecular flexibility index (Phi) is 6.25. The van der Waals surface area contributed by atoms with Gasteiger partial charge in [-0.05, 0) is 42.8 Å². The van der Waals surface area contributed by atoms with E-state index in [1.54, 1.807) is 0 Å². The van der Waals surface area contributed by atoms with E-state index in [1.165, 1.54) is 36.4 Å². The van der Waals surface area contributed by atoms with Crippen LogP contribution in [0.3, 0.4) is 0 Å². The van der Waals surface area contributed by atoms with Crippen molar-refractivity contribution in [2.45, 2.75) is 19.8 Å². The molecule has 0 N–H and O–H groups in total. The molecule has 122 valence electrons. The second kappa shape index (κ2) is 8.18. The van der Waals surface area contributed by atoms with E-state index in [4.69, 9.17) is 32.7 Å². The summed E-state index contributed by atoms with van der Waals surface area (Å²) in [5, 5.41) is 0.472. The molecule has 0 unspecified atom stereocenters. The molecule has 0 saturated carbocycles. The fourth-order valence-corrected chi connectivity index (χ4v) is 2.40. The molecule has 0 bridgehead atoms. The van der Waals surface area contributed by atoms with E-state index >= 15 is 0 Å². The van der Waals surface area contributed by atoms with Crippen LogP contribution >= 0.6 is 23.2 Å². The molecule has 0 saturated heterocycles. The maximum atomic E-state index is 12.8. The highest BCUT2D eigenvalue weighted by molar-refractivity contribution is 6.37. The van der Waals surface area contributed by atoms with Crippen LogP contribution in [0.4, 0.5) is 4.39 Å². The molecule has 0 amide bonds. The van der Waals surface area contributed by atoms with Gasteiger partial charge in [-0.25, -0.2) is 9.18 Å². The third-order valence-electron chi connectivity index (χ3n) is 3.00. The first-order valence-electron chi connectivity index (χ1n) is 7.11. The number of hydrogen-bond acceptors (Lipinski definition) is 3. The molecule has 0 aliphatic rings. The molecule has 23 heavy (non-hydrogen) atoms. The van der Waals surface area contributed by atoms with E-state index < -0.39 is 11.8 Å². The number of benzene rings is 2. The lowest BCUT2D eigenvalue weighted by molar-refractivity contribution is 0.0734. The van der Waals surface area contributed by atoms with Gasteiger partial charge in [0.15, 0.2) is 5.75 Å². The van der Waals surface area contributed by atoms with Gasteiger partial charge in [-0.15, -0.1) is 0 Å². The van der Waals surface area contributed by atoms with Crippen LogP contribution < -0.4 is 9.47 Å². The van der Waals surface area contributed by atoms with Gasteiger partial charge in [-0.3, -0.25) is 0 Å². The normalized spacial score (nSPS) is 10.4. The lowest BCUT2D eigenvalue weighted by atomic mass is 10.2. The monoisotopic (exact) mass is 356 g/mol. The van der Waals surface area contributed by atoms with Crippen LogP contribution in [0.15, 0.2) is 36.4 Å². The summed E-state index contributed by atoms with van der Waals surface area (Å²) in [6.45, 7) is 2.54. The minimum atomic E-state index is -0.638. The Morgan fingerprint density at radius 3 is 2.30 bits per heavy atom. The molecule has 0 spiro atoms. The van der Waals surface area contributed by atoms with Crippen molar-refractivity contribution in [1.82, 2.24) is 0 Å². The Morgan fingerprint density at radius 1 is 1.13 bits per heavy atom. The third kappa shape index (κ3) is 4.85. The highest BCUT2D eigenvalue weighted by Crippen LogP contribution is 2.34. The highest BCUT2D eigenvalue weighted by Gasteiger charge is 2.16. The van der Waals surface area contributed by atoms with Gasteiger partial charge in [0, 0.05) is 0 Å². The van der Waals surface area contributed by atoms with E-state index in [1.807, 2.05) is 6.92 Å². The number of unbranched alkanes of at least 4 members (excludes halogenated alkanes) is 1. The second-order valence-corrected chi connectivity index (χ2v) is 5.63. The number of carbonyl (C=O) groups is 1. The number of rotatable bonds is 6. The zero-order valence-electron chi connectivity index (χ0n) is 12.4. The number of esters is 1. The number of halogens is 3. The van der Waals surface area contributed by atoms with Crippen LogP contribution in [0, 0.1) is 5.82 Å². The highest BCUT2D eigenvalue weighted by atomic mass is 35.5. The molecule has 2 aromatic carbocycles. The SMILES string of the molecule is CCCCOc1c(Cl)cc(C(=O)Oc2ccc(F)cc2)cc1Cl. The summed E-state index contributed by atoms with van der Waals surface area (Å²) in [5.74, 6) is -0.475. The molecule has 0 atom stereocenters. The maximum Gasteiger partial charge on any atom is 0.343 e.